The predicted octanol–water partition coefficient (Wildman–Crippen LogP) is 3.26. The molecule has 1 aromatic rings. The highest BCUT2D eigenvalue weighted by Gasteiger charge is 2.16. The highest BCUT2D eigenvalue weighted by atomic mass is 127. The molecule has 0 saturated heterocycles. The second kappa shape index (κ2) is 6.94. The molecule has 1 atom stereocenters. The number of benzene rings is 1. The molecule has 0 N–H and O–H groups in total. The normalized spacial score (nSPS) is 12.1. The van der Waals surface area contributed by atoms with Gasteiger partial charge in [-0.2, -0.15) is 0 Å². The SMILES string of the molecule is CCOC(C)Oc1c(I)cc(C(C)=O)cc1OC. The van der Waals surface area contributed by atoms with E-state index in [4.69, 9.17) is 14.2 Å². The number of rotatable bonds is 6. The van der Waals surface area contributed by atoms with Gasteiger partial charge in [-0.25, -0.2) is 0 Å². The van der Waals surface area contributed by atoms with Crippen molar-refractivity contribution in [2.45, 2.75) is 27.1 Å². The van der Waals surface area contributed by atoms with Crippen LogP contribution in [0.2, 0.25) is 0 Å². The van der Waals surface area contributed by atoms with Crippen molar-refractivity contribution >= 4 is 28.4 Å². The summed E-state index contributed by atoms with van der Waals surface area (Å²) >= 11 is 2.12. The Kier molecular flexibility index (Phi) is 5.87. The Bertz CT molecular complexity index is 431. The molecule has 0 aromatic heterocycles. The molecule has 0 aliphatic rings. The van der Waals surface area contributed by atoms with Gasteiger partial charge < -0.3 is 14.2 Å². The van der Waals surface area contributed by atoms with Crippen LogP contribution in [0.5, 0.6) is 11.5 Å². The number of hydrogen-bond acceptors (Lipinski definition) is 4. The molecule has 5 heteroatoms. The summed E-state index contributed by atoms with van der Waals surface area (Å²) in [6.07, 6.45) is -0.361. The zero-order valence-corrected chi connectivity index (χ0v) is 13.1. The fourth-order valence-electron chi connectivity index (χ4n) is 1.47. The van der Waals surface area contributed by atoms with Crippen molar-refractivity contribution < 1.29 is 19.0 Å². The van der Waals surface area contributed by atoms with E-state index in [1.54, 1.807) is 19.2 Å². The third-order valence-corrected chi connectivity index (χ3v) is 3.12. The highest BCUT2D eigenvalue weighted by Crippen LogP contribution is 2.34. The van der Waals surface area contributed by atoms with E-state index >= 15 is 0 Å². The van der Waals surface area contributed by atoms with Crippen LogP contribution in [0.4, 0.5) is 0 Å². The van der Waals surface area contributed by atoms with Crippen LogP contribution in [0.25, 0.3) is 0 Å². The van der Waals surface area contributed by atoms with Crippen LogP contribution < -0.4 is 9.47 Å². The van der Waals surface area contributed by atoms with Gasteiger partial charge in [-0.05, 0) is 55.5 Å². The fraction of sp³-hybridized carbons (Fsp3) is 0.462. The van der Waals surface area contributed by atoms with Gasteiger partial charge in [-0.1, -0.05) is 0 Å². The summed E-state index contributed by atoms with van der Waals surface area (Å²) in [5.41, 5.74) is 0.604. The molecule has 1 unspecified atom stereocenters. The van der Waals surface area contributed by atoms with Crippen LogP contribution in [0.15, 0.2) is 12.1 Å². The largest absolute Gasteiger partial charge is 0.493 e. The van der Waals surface area contributed by atoms with E-state index in [0.29, 0.717) is 23.7 Å². The maximum atomic E-state index is 11.4. The molecule has 18 heavy (non-hydrogen) atoms. The van der Waals surface area contributed by atoms with Crippen LogP contribution in [0, 0.1) is 3.57 Å². The Balaban J connectivity index is 3.07. The highest BCUT2D eigenvalue weighted by molar-refractivity contribution is 14.1. The fourth-order valence-corrected chi connectivity index (χ4v) is 2.20. The van der Waals surface area contributed by atoms with Gasteiger partial charge in [0, 0.05) is 12.2 Å². The molecule has 100 valence electrons. The van der Waals surface area contributed by atoms with Gasteiger partial charge in [0.2, 0.25) is 0 Å². The van der Waals surface area contributed by atoms with Crippen molar-refractivity contribution in [3.8, 4) is 11.5 Å². The first-order valence-corrected chi connectivity index (χ1v) is 6.74. The lowest BCUT2D eigenvalue weighted by molar-refractivity contribution is -0.0628. The van der Waals surface area contributed by atoms with Crippen LogP contribution in [0.3, 0.4) is 0 Å². The third-order valence-electron chi connectivity index (χ3n) is 2.32. The van der Waals surface area contributed by atoms with Crippen molar-refractivity contribution in [2.24, 2.45) is 0 Å². The number of carbonyl (C=O) groups is 1. The van der Waals surface area contributed by atoms with Crippen molar-refractivity contribution in [2.75, 3.05) is 13.7 Å². The van der Waals surface area contributed by atoms with Crippen molar-refractivity contribution in [3.05, 3.63) is 21.3 Å². The quantitative estimate of drug-likeness (QED) is 0.442. The lowest BCUT2D eigenvalue weighted by Crippen LogP contribution is -2.17. The first-order chi connectivity index (χ1) is 8.49. The molecule has 0 aliphatic carbocycles. The van der Waals surface area contributed by atoms with Crippen LogP contribution in [0.1, 0.15) is 31.1 Å². The molecule has 1 rings (SSSR count). The van der Waals surface area contributed by atoms with Crippen molar-refractivity contribution in [1.29, 1.82) is 0 Å². The van der Waals surface area contributed by atoms with E-state index in [2.05, 4.69) is 22.6 Å². The zero-order valence-electron chi connectivity index (χ0n) is 11.0. The molecule has 1 aromatic carbocycles. The number of carbonyl (C=O) groups excluding carboxylic acids is 1. The average molecular weight is 364 g/mol. The van der Waals surface area contributed by atoms with Crippen LogP contribution in [-0.4, -0.2) is 25.8 Å². The summed E-state index contributed by atoms with van der Waals surface area (Å²) in [6, 6.07) is 3.46. The van der Waals surface area contributed by atoms with E-state index < -0.39 is 0 Å². The number of ether oxygens (including phenoxy) is 3. The van der Waals surface area contributed by atoms with E-state index in [1.807, 2.05) is 13.8 Å². The van der Waals surface area contributed by atoms with E-state index in [0.717, 1.165) is 3.57 Å². The summed E-state index contributed by atoms with van der Waals surface area (Å²) in [7, 11) is 1.55. The number of methoxy groups -OCH3 is 1. The van der Waals surface area contributed by atoms with Crippen molar-refractivity contribution in [3.63, 3.8) is 0 Å². The molecule has 0 spiro atoms. The molecule has 0 amide bonds. The Morgan fingerprint density at radius 2 is 2.11 bits per heavy atom. The van der Waals surface area contributed by atoms with Gasteiger partial charge in [0.15, 0.2) is 23.6 Å². The van der Waals surface area contributed by atoms with Gasteiger partial charge in [0.1, 0.15) is 0 Å². The van der Waals surface area contributed by atoms with Crippen molar-refractivity contribution in [1.82, 2.24) is 0 Å². The van der Waals surface area contributed by atoms with Gasteiger partial charge in [-0.3, -0.25) is 4.79 Å². The first-order valence-electron chi connectivity index (χ1n) is 5.66. The molecule has 0 fully saturated rings. The lowest BCUT2D eigenvalue weighted by Gasteiger charge is -2.18. The number of ketones is 1. The Labute approximate surface area is 121 Å². The number of Topliss-reactive ketones (excluding diaryl/α,β-unsaturated/α-hetero) is 1. The Hall–Kier alpha value is -0.820. The van der Waals surface area contributed by atoms with E-state index in [9.17, 15) is 4.79 Å². The van der Waals surface area contributed by atoms with E-state index in [1.165, 1.54) is 6.92 Å². The minimum atomic E-state index is -0.361. The van der Waals surface area contributed by atoms with Gasteiger partial charge >= 0.3 is 0 Å². The summed E-state index contributed by atoms with van der Waals surface area (Å²) in [6.45, 7) is 5.82. The summed E-state index contributed by atoms with van der Waals surface area (Å²) in [5, 5.41) is 0. The lowest BCUT2D eigenvalue weighted by atomic mass is 10.1. The van der Waals surface area contributed by atoms with E-state index in [-0.39, 0.29) is 12.1 Å². The third kappa shape index (κ3) is 3.84. The second-order valence-corrected chi connectivity index (χ2v) is 4.85. The Morgan fingerprint density at radius 3 is 2.61 bits per heavy atom. The first kappa shape index (κ1) is 15.2. The summed E-state index contributed by atoms with van der Waals surface area (Å²) < 4.78 is 17.1. The van der Waals surface area contributed by atoms with Gasteiger partial charge in [-0.15, -0.1) is 0 Å². The zero-order chi connectivity index (χ0) is 13.7. The molecule has 0 radical (unpaired) electrons. The van der Waals surface area contributed by atoms with Crippen LogP contribution >= 0.6 is 22.6 Å². The minimum absolute atomic E-state index is 0.00405. The molecule has 0 heterocycles. The van der Waals surface area contributed by atoms with Gasteiger partial charge in [0.25, 0.3) is 0 Å². The molecule has 0 aliphatic heterocycles. The Morgan fingerprint density at radius 1 is 1.44 bits per heavy atom. The standard InChI is InChI=1S/C13H17IO4/c1-5-17-9(3)18-13-11(14)6-10(8(2)15)7-12(13)16-4/h6-7,9H,5H2,1-4H3. The molecule has 0 bridgehead atoms. The second-order valence-electron chi connectivity index (χ2n) is 3.69. The molecular formula is C13H17IO4. The predicted molar refractivity (Wildman–Crippen MR) is 77.4 cm³/mol. The smallest absolute Gasteiger partial charge is 0.197 e. The topological polar surface area (TPSA) is 44.8 Å². The maximum absolute atomic E-state index is 11.4. The monoisotopic (exact) mass is 364 g/mol. The van der Waals surface area contributed by atoms with Gasteiger partial charge in [0.05, 0.1) is 10.7 Å². The number of hydrogen-bond donors (Lipinski definition) is 0. The summed E-state index contributed by atoms with van der Waals surface area (Å²) in [5.74, 6) is 1.14. The minimum Gasteiger partial charge on any atom is -0.493 e. The molecular weight excluding hydrogens is 347 g/mol. The average Bonchev–Trinajstić information content (AvgIpc) is 2.31. The summed E-state index contributed by atoms with van der Waals surface area (Å²) in [4.78, 5) is 11.4. The number of halogens is 1. The van der Waals surface area contributed by atoms with Crippen LogP contribution in [-0.2, 0) is 4.74 Å². The maximum Gasteiger partial charge on any atom is 0.197 e. The molecule has 0 saturated carbocycles. The molecule has 4 nitrogen and oxygen atoms in total.